The number of allylic oxidation sites excluding steroid dienone is 4. The average Bonchev–Trinajstić information content (AvgIpc) is 3.04. The van der Waals surface area contributed by atoms with Gasteiger partial charge in [-0.2, -0.15) is 4.99 Å². The lowest BCUT2D eigenvalue weighted by Gasteiger charge is -2.28. The summed E-state index contributed by atoms with van der Waals surface area (Å²) in [5, 5.41) is 3.20. The molecular weight excluding hydrogens is 638 g/mol. The Morgan fingerprint density at radius 2 is 1.73 bits per heavy atom. The maximum absolute atomic E-state index is 13.9. The van der Waals surface area contributed by atoms with Crippen LogP contribution in [0, 0.1) is 0 Å². The number of hydrogen-bond donors (Lipinski definition) is 1. The number of nitrogens with one attached hydrogen (secondary N) is 1. The number of ether oxygens (including phenoxy) is 1. The summed E-state index contributed by atoms with van der Waals surface area (Å²) in [6.45, 7) is 7.76. The summed E-state index contributed by atoms with van der Waals surface area (Å²) >= 11 is 4.46. The van der Waals surface area contributed by atoms with Gasteiger partial charge in [0.2, 0.25) is 5.91 Å². The fraction of sp³-hybridized carbons (Fsp3) is 0.143. The second kappa shape index (κ2) is 15.8. The molecule has 1 N–H and O–H groups in total. The molecule has 0 unspecified atom stereocenters. The van der Waals surface area contributed by atoms with Crippen molar-refractivity contribution in [3.8, 4) is 5.75 Å². The van der Waals surface area contributed by atoms with E-state index in [1.807, 2.05) is 73.7 Å². The number of amides is 3. The van der Waals surface area contributed by atoms with Crippen molar-refractivity contribution in [3.63, 3.8) is 0 Å². The van der Waals surface area contributed by atoms with E-state index in [2.05, 4.69) is 32.8 Å². The Hall–Kier alpha value is -4.47. The maximum Gasteiger partial charge on any atom is 0.285 e. The second-order valence-corrected chi connectivity index (χ2v) is 11.3. The molecule has 4 rings (SSSR count). The van der Waals surface area contributed by atoms with Gasteiger partial charge in [0.15, 0.2) is 5.17 Å². The van der Waals surface area contributed by atoms with E-state index in [1.54, 1.807) is 43.4 Å². The molecule has 1 aliphatic heterocycles. The number of carbonyl (C=O) groups excluding carboxylic acids is 3. The van der Waals surface area contributed by atoms with Gasteiger partial charge in [-0.1, -0.05) is 113 Å². The van der Waals surface area contributed by atoms with Crippen molar-refractivity contribution in [2.75, 3.05) is 12.4 Å². The molecule has 44 heavy (non-hydrogen) atoms. The summed E-state index contributed by atoms with van der Waals surface area (Å²) in [5.41, 5.74) is 2.76. The number of halogens is 1. The van der Waals surface area contributed by atoms with Crippen LogP contribution >= 0.6 is 27.7 Å². The summed E-state index contributed by atoms with van der Waals surface area (Å²) in [6.07, 6.45) is 8.18. The minimum Gasteiger partial charge on any atom is -0.493 e. The molecule has 7 nitrogen and oxygen atoms in total. The van der Waals surface area contributed by atoms with Gasteiger partial charge in [0, 0.05) is 15.7 Å². The number of aliphatic imine (C=N–C) groups is 1. The van der Waals surface area contributed by atoms with Gasteiger partial charge < -0.3 is 10.1 Å². The molecule has 3 aromatic carbocycles. The molecule has 0 bridgehead atoms. The smallest absolute Gasteiger partial charge is 0.285 e. The van der Waals surface area contributed by atoms with E-state index in [4.69, 9.17) is 4.74 Å². The van der Waals surface area contributed by atoms with E-state index in [0.29, 0.717) is 23.6 Å². The average molecular weight is 671 g/mol. The molecule has 224 valence electrons. The van der Waals surface area contributed by atoms with Gasteiger partial charge in [-0.15, -0.1) is 0 Å². The first kappa shape index (κ1) is 32.4. The van der Waals surface area contributed by atoms with E-state index < -0.39 is 11.8 Å². The van der Waals surface area contributed by atoms with Gasteiger partial charge in [-0.3, -0.25) is 19.3 Å². The van der Waals surface area contributed by atoms with E-state index in [1.165, 1.54) is 11.0 Å². The number of benzene rings is 3. The van der Waals surface area contributed by atoms with Crippen LogP contribution in [-0.2, 0) is 14.4 Å². The summed E-state index contributed by atoms with van der Waals surface area (Å²) in [5.74, 6) is -1.10. The third-order valence-electron chi connectivity index (χ3n) is 6.48. The lowest BCUT2D eigenvalue weighted by Crippen LogP contribution is -2.42. The van der Waals surface area contributed by atoms with Crippen LogP contribution in [0.2, 0.25) is 0 Å². The summed E-state index contributed by atoms with van der Waals surface area (Å²) in [7, 11) is 0. The first-order valence-electron chi connectivity index (χ1n) is 13.9. The van der Waals surface area contributed by atoms with Gasteiger partial charge in [0.25, 0.3) is 11.8 Å². The van der Waals surface area contributed by atoms with Gasteiger partial charge in [-0.05, 0) is 55.3 Å². The SMILES string of the molecule is C=C/C=C\C(=C/C)N1C(=O)/C(=C/c2cc(Br)ccc2OCC)C(=O)N=C1SCC(=O)NC(c1ccccc1)c1ccccc1. The van der Waals surface area contributed by atoms with Crippen molar-refractivity contribution in [1.82, 2.24) is 10.2 Å². The van der Waals surface area contributed by atoms with Gasteiger partial charge >= 0.3 is 0 Å². The van der Waals surface area contributed by atoms with Crippen LogP contribution in [0.1, 0.15) is 36.6 Å². The van der Waals surface area contributed by atoms with E-state index in [0.717, 1.165) is 27.4 Å². The highest BCUT2D eigenvalue weighted by Crippen LogP contribution is 2.30. The van der Waals surface area contributed by atoms with Crippen LogP contribution in [0.15, 0.2) is 130 Å². The van der Waals surface area contributed by atoms with Crippen LogP contribution in [0.5, 0.6) is 5.75 Å². The summed E-state index contributed by atoms with van der Waals surface area (Å²) in [4.78, 5) is 46.2. The maximum atomic E-state index is 13.9. The minimum atomic E-state index is -0.703. The number of nitrogens with zero attached hydrogens (tertiary/aromatic N) is 2. The predicted octanol–water partition coefficient (Wildman–Crippen LogP) is 7.24. The fourth-order valence-electron chi connectivity index (χ4n) is 4.47. The van der Waals surface area contributed by atoms with Crippen molar-refractivity contribution in [2.45, 2.75) is 19.9 Å². The Kier molecular flexibility index (Phi) is 11.7. The number of rotatable bonds is 11. The normalized spacial score (nSPS) is 14.7. The lowest BCUT2D eigenvalue weighted by molar-refractivity contribution is -0.126. The van der Waals surface area contributed by atoms with Crippen molar-refractivity contribution in [2.24, 2.45) is 4.99 Å². The molecule has 1 heterocycles. The highest BCUT2D eigenvalue weighted by atomic mass is 79.9. The minimum absolute atomic E-state index is 0.0760. The number of thioether (sulfide) groups is 1. The molecule has 0 fully saturated rings. The molecule has 0 radical (unpaired) electrons. The zero-order valence-corrected chi connectivity index (χ0v) is 26.8. The molecule has 3 aromatic rings. The monoisotopic (exact) mass is 669 g/mol. The third-order valence-corrected chi connectivity index (χ3v) is 7.92. The van der Waals surface area contributed by atoms with Gasteiger partial charge in [0.1, 0.15) is 11.3 Å². The largest absolute Gasteiger partial charge is 0.493 e. The molecular formula is C35H32BrN3O4S. The summed E-state index contributed by atoms with van der Waals surface area (Å²) < 4.78 is 6.48. The van der Waals surface area contributed by atoms with Crippen molar-refractivity contribution in [1.29, 1.82) is 0 Å². The van der Waals surface area contributed by atoms with Crippen molar-refractivity contribution < 1.29 is 19.1 Å². The molecule has 0 saturated carbocycles. The van der Waals surface area contributed by atoms with E-state index in [-0.39, 0.29) is 28.4 Å². The number of amidine groups is 1. The van der Waals surface area contributed by atoms with Crippen LogP contribution in [0.3, 0.4) is 0 Å². The van der Waals surface area contributed by atoms with Crippen molar-refractivity contribution >= 4 is 56.7 Å². The molecule has 0 spiro atoms. The first-order valence-corrected chi connectivity index (χ1v) is 15.7. The third kappa shape index (κ3) is 8.12. The zero-order valence-electron chi connectivity index (χ0n) is 24.4. The molecule has 0 aromatic heterocycles. The molecule has 3 amide bonds. The topological polar surface area (TPSA) is 88.1 Å². The Labute approximate surface area is 270 Å². The number of hydrogen-bond acceptors (Lipinski definition) is 5. The van der Waals surface area contributed by atoms with Crippen LogP contribution in [-0.4, -0.2) is 40.1 Å². The van der Waals surface area contributed by atoms with Crippen LogP contribution in [0.25, 0.3) is 6.08 Å². The van der Waals surface area contributed by atoms with Crippen LogP contribution < -0.4 is 10.1 Å². The standard InChI is InChI=1S/C35H32BrN3O4S/c1-4-7-18-28(5-2)39-34(42)29(22-26-21-27(36)19-20-30(26)43-6-3)33(41)38-35(39)44-23-31(40)37-32(24-14-10-8-11-15-24)25-16-12-9-13-17-25/h4-5,7-22,32H,1,6,23H2,2-3H3,(H,37,40)/b18-7-,28-5+,29-22+. The Balaban J connectivity index is 1.64. The van der Waals surface area contributed by atoms with Gasteiger partial charge in [0.05, 0.1) is 18.4 Å². The highest BCUT2D eigenvalue weighted by molar-refractivity contribution is 9.10. The predicted molar refractivity (Wildman–Crippen MR) is 181 cm³/mol. The Morgan fingerprint density at radius 1 is 1.07 bits per heavy atom. The molecule has 1 aliphatic rings. The first-order chi connectivity index (χ1) is 21.4. The summed E-state index contributed by atoms with van der Waals surface area (Å²) in [6, 6.07) is 24.3. The number of carbonyl (C=O) groups is 3. The molecule has 9 heteroatoms. The molecule has 0 saturated heterocycles. The van der Waals surface area contributed by atoms with E-state index in [9.17, 15) is 14.4 Å². The lowest BCUT2D eigenvalue weighted by atomic mass is 9.99. The quantitative estimate of drug-likeness (QED) is 0.132. The zero-order chi connectivity index (χ0) is 31.5. The Morgan fingerprint density at radius 3 is 2.32 bits per heavy atom. The van der Waals surface area contributed by atoms with Crippen LogP contribution in [0.4, 0.5) is 0 Å². The molecule has 0 atom stereocenters. The van der Waals surface area contributed by atoms with Gasteiger partial charge in [-0.25, -0.2) is 0 Å². The molecule has 0 aliphatic carbocycles. The van der Waals surface area contributed by atoms with E-state index >= 15 is 0 Å². The highest BCUT2D eigenvalue weighted by Gasteiger charge is 2.35. The fourth-order valence-corrected chi connectivity index (χ4v) is 5.65. The van der Waals surface area contributed by atoms with Crippen molar-refractivity contribution in [3.05, 3.63) is 142 Å². The second-order valence-electron chi connectivity index (χ2n) is 9.43. The Bertz CT molecular complexity index is 1610.